The number of benzene rings is 2. The van der Waals surface area contributed by atoms with Gasteiger partial charge in [-0.25, -0.2) is 13.4 Å². The molecule has 0 unspecified atom stereocenters. The number of hydrogen-bond donors (Lipinski definition) is 2. The summed E-state index contributed by atoms with van der Waals surface area (Å²) in [5.41, 5.74) is 0.920. The topological polar surface area (TPSA) is 121 Å². The number of nitrogens with zero attached hydrogens (tertiary/aromatic N) is 2. The van der Waals surface area contributed by atoms with Crippen molar-refractivity contribution in [3.63, 3.8) is 0 Å². The standard InChI is InChI=1S/C20H17ClN4O4S2/c21-17-12-14(13-22)3-8-18(17)29-10-1-2-19(26)24-15-4-6-16(7-5-15)31(27,28)25-20-23-9-11-30-20/h3-9,11-12H,1-2,10H2,(H,23,25)(H,24,26). The number of sulfonamides is 1. The van der Waals surface area contributed by atoms with E-state index in [0.29, 0.717) is 28.4 Å². The largest absolute Gasteiger partial charge is 0.492 e. The van der Waals surface area contributed by atoms with E-state index in [1.54, 1.807) is 17.5 Å². The second kappa shape index (κ2) is 10.3. The molecule has 3 rings (SSSR count). The quantitative estimate of drug-likeness (QED) is 0.445. The number of carbonyl (C=O) groups excluding carboxylic acids is 1. The van der Waals surface area contributed by atoms with Crippen LogP contribution in [0.15, 0.2) is 58.9 Å². The fraction of sp³-hybridized carbons (Fsp3) is 0.150. The van der Waals surface area contributed by atoms with Crippen LogP contribution in [0.3, 0.4) is 0 Å². The van der Waals surface area contributed by atoms with Gasteiger partial charge in [-0.15, -0.1) is 11.3 Å². The summed E-state index contributed by atoms with van der Waals surface area (Å²) in [4.78, 5) is 16.1. The lowest BCUT2D eigenvalue weighted by molar-refractivity contribution is -0.116. The van der Waals surface area contributed by atoms with Crippen molar-refractivity contribution < 1.29 is 17.9 Å². The van der Waals surface area contributed by atoms with Crippen LogP contribution in [-0.4, -0.2) is 25.9 Å². The molecule has 8 nitrogen and oxygen atoms in total. The van der Waals surface area contributed by atoms with Gasteiger partial charge < -0.3 is 10.1 Å². The molecule has 1 heterocycles. The van der Waals surface area contributed by atoms with E-state index in [9.17, 15) is 13.2 Å². The zero-order chi connectivity index (χ0) is 22.3. The summed E-state index contributed by atoms with van der Waals surface area (Å²) in [6, 6.07) is 12.6. The Bertz CT molecular complexity index is 1190. The van der Waals surface area contributed by atoms with E-state index in [1.165, 1.54) is 47.9 Å². The van der Waals surface area contributed by atoms with Crippen LogP contribution in [-0.2, 0) is 14.8 Å². The van der Waals surface area contributed by atoms with Crippen molar-refractivity contribution in [2.24, 2.45) is 0 Å². The molecule has 1 amide bonds. The zero-order valence-electron chi connectivity index (χ0n) is 16.0. The van der Waals surface area contributed by atoms with Gasteiger partial charge in [-0.2, -0.15) is 5.26 Å². The molecule has 1 aromatic heterocycles. The zero-order valence-corrected chi connectivity index (χ0v) is 18.4. The molecule has 0 aliphatic rings. The summed E-state index contributed by atoms with van der Waals surface area (Å²) in [5, 5.41) is 13.8. The lowest BCUT2D eigenvalue weighted by Crippen LogP contribution is -2.14. The van der Waals surface area contributed by atoms with Gasteiger partial charge in [-0.05, 0) is 48.9 Å². The van der Waals surface area contributed by atoms with Gasteiger partial charge in [0, 0.05) is 23.7 Å². The van der Waals surface area contributed by atoms with Crippen LogP contribution < -0.4 is 14.8 Å². The number of anilines is 2. The fourth-order valence-electron chi connectivity index (χ4n) is 2.49. The highest BCUT2D eigenvalue weighted by Crippen LogP contribution is 2.25. The van der Waals surface area contributed by atoms with Crippen molar-refractivity contribution in [3.05, 3.63) is 64.6 Å². The number of amides is 1. The molecule has 0 spiro atoms. The van der Waals surface area contributed by atoms with Crippen molar-refractivity contribution in [1.82, 2.24) is 4.98 Å². The first-order chi connectivity index (χ1) is 14.9. The number of nitrogens with one attached hydrogen (secondary N) is 2. The van der Waals surface area contributed by atoms with Gasteiger partial charge in [0.15, 0.2) is 5.13 Å². The van der Waals surface area contributed by atoms with Crippen LogP contribution >= 0.6 is 22.9 Å². The van der Waals surface area contributed by atoms with Gasteiger partial charge in [0.25, 0.3) is 10.0 Å². The van der Waals surface area contributed by atoms with E-state index in [4.69, 9.17) is 21.6 Å². The molecule has 0 atom stereocenters. The minimum absolute atomic E-state index is 0.0633. The van der Waals surface area contributed by atoms with Crippen molar-refractivity contribution in [1.29, 1.82) is 5.26 Å². The Hall–Kier alpha value is -3.13. The normalized spacial score (nSPS) is 10.8. The molecule has 0 saturated heterocycles. The van der Waals surface area contributed by atoms with Crippen LogP contribution in [0.25, 0.3) is 0 Å². The van der Waals surface area contributed by atoms with Gasteiger partial charge in [-0.3, -0.25) is 9.52 Å². The number of thiazole rings is 1. The third-order valence-corrected chi connectivity index (χ3v) is 6.44. The summed E-state index contributed by atoms with van der Waals surface area (Å²) in [7, 11) is -3.74. The summed E-state index contributed by atoms with van der Waals surface area (Å²) in [6.07, 6.45) is 2.16. The molecular weight excluding hydrogens is 460 g/mol. The summed E-state index contributed by atoms with van der Waals surface area (Å²) in [6.45, 7) is 0.276. The first-order valence-corrected chi connectivity index (χ1v) is 11.8. The maximum Gasteiger partial charge on any atom is 0.263 e. The summed E-state index contributed by atoms with van der Waals surface area (Å²) >= 11 is 7.21. The predicted molar refractivity (Wildman–Crippen MR) is 119 cm³/mol. The molecule has 2 aromatic carbocycles. The van der Waals surface area contributed by atoms with Crippen LogP contribution in [0.2, 0.25) is 5.02 Å². The molecule has 0 radical (unpaired) electrons. The Morgan fingerprint density at radius 3 is 2.65 bits per heavy atom. The molecule has 0 fully saturated rings. The minimum atomic E-state index is -3.74. The Labute approximate surface area is 188 Å². The van der Waals surface area contributed by atoms with Crippen LogP contribution in [0.4, 0.5) is 10.8 Å². The van der Waals surface area contributed by atoms with Crippen molar-refractivity contribution >= 4 is 49.7 Å². The molecule has 0 bridgehead atoms. The SMILES string of the molecule is N#Cc1ccc(OCCCC(=O)Nc2ccc(S(=O)(=O)Nc3nccs3)cc2)c(Cl)c1. The smallest absolute Gasteiger partial charge is 0.263 e. The number of carbonyl (C=O) groups is 1. The first-order valence-electron chi connectivity index (χ1n) is 9.02. The maximum atomic E-state index is 12.3. The highest BCUT2D eigenvalue weighted by Gasteiger charge is 2.15. The molecule has 31 heavy (non-hydrogen) atoms. The lowest BCUT2D eigenvalue weighted by Gasteiger charge is -2.09. The number of halogens is 1. The van der Waals surface area contributed by atoms with E-state index >= 15 is 0 Å². The lowest BCUT2D eigenvalue weighted by atomic mass is 10.2. The number of hydrogen-bond acceptors (Lipinski definition) is 7. The van der Waals surface area contributed by atoms with E-state index in [2.05, 4.69) is 15.0 Å². The van der Waals surface area contributed by atoms with Crippen LogP contribution in [0.5, 0.6) is 5.75 Å². The Morgan fingerprint density at radius 2 is 2.00 bits per heavy atom. The van der Waals surface area contributed by atoms with Crippen molar-refractivity contribution in [2.75, 3.05) is 16.6 Å². The van der Waals surface area contributed by atoms with Gasteiger partial charge in [0.2, 0.25) is 5.91 Å². The Kier molecular flexibility index (Phi) is 7.46. The monoisotopic (exact) mass is 476 g/mol. The Balaban J connectivity index is 1.46. The number of nitriles is 1. The molecule has 0 saturated carbocycles. The van der Waals surface area contributed by atoms with E-state index < -0.39 is 10.0 Å². The van der Waals surface area contributed by atoms with Gasteiger partial charge in [0.1, 0.15) is 5.75 Å². The highest BCUT2D eigenvalue weighted by molar-refractivity contribution is 7.93. The molecule has 2 N–H and O–H groups in total. The number of aromatic nitrogens is 1. The molecule has 11 heteroatoms. The first kappa shape index (κ1) is 22.6. The minimum Gasteiger partial charge on any atom is -0.492 e. The highest BCUT2D eigenvalue weighted by atomic mass is 35.5. The van der Waals surface area contributed by atoms with Crippen molar-refractivity contribution in [2.45, 2.75) is 17.7 Å². The number of ether oxygens (including phenoxy) is 1. The summed E-state index contributed by atoms with van der Waals surface area (Å²) < 4.78 is 32.5. The second-order valence-corrected chi connectivity index (χ2v) is 9.21. The van der Waals surface area contributed by atoms with Gasteiger partial charge in [0.05, 0.1) is 28.2 Å². The van der Waals surface area contributed by atoms with Crippen LogP contribution in [0.1, 0.15) is 18.4 Å². The molecule has 0 aliphatic heterocycles. The second-order valence-electron chi connectivity index (χ2n) is 6.22. The van der Waals surface area contributed by atoms with Crippen LogP contribution in [0, 0.1) is 11.3 Å². The predicted octanol–water partition coefficient (Wildman–Crippen LogP) is 4.27. The van der Waals surface area contributed by atoms with Crippen molar-refractivity contribution in [3.8, 4) is 11.8 Å². The van der Waals surface area contributed by atoms with E-state index in [1.807, 2.05) is 6.07 Å². The van der Waals surface area contributed by atoms with Gasteiger partial charge >= 0.3 is 0 Å². The molecule has 0 aliphatic carbocycles. The van der Waals surface area contributed by atoms with E-state index in [0.717, 1.165) is 0 Å². The molecule has 160 valence electrons. The third kappa shape index (κ3) is 6.42. The fourth-order valence-corrected chi connectivity index (χ4v) is 4.51. The maximum absolute atomic E-state index is 12.3. The Morgan fingerprint density at radius 1 is 1.23 bits per heavy atom. The van der Waals surface area contributed by atoms with E-state index in [-0.39, 0.29) is 29.0 Å². The number of rotatable bonds is 9. The van der Waals surface area contributed by atoms with Gasteiger partial charge in [-0.1, -0.05) is 11.6 Å². The average Bonchev–Trinajstić information content (AvgIpc) is 3.24. The molecule has 3 aromatic rings. The third-order valence-electron chi connectivity index (χ3n) is 3.97. The summed E-state index contributed by atoms with van der Waals surface area (Å²) in [5.74, 6) is 0.218. The average molecular weight is 477 g/mol. The molecular formula is C20H17ClN4O4S2.